The van der Waals surface area contributed by atoms with Gasteiger partial charge in [-0.2, -0.15) is 0 Å². The molecule has 1 aromatic rings. The first-order valence-electron chi connectivity index (χ1n) is 4.11. The summed E-state index contributed by atoms with van der Waals surface area (Å²) in [6.07, 6.45) is 1.39. The van der Waals surface area contributed by atoms with E-state index in [0.717, 1.165) is 6.54 Å². The van der Waals surface area contributed by atoms with Crippen LogP contribution >= 0.6 is 11.6 Å². The minimum atomic E-state index is 0.308. The van der Waals surface area contributed by atoms with Crippen LogP contribution in [-0.2, 0) is 0 Å². The van der Waals surface area contributed by atoms with Gasteiger partial charge in [0.1, 0.15) is 23.0 Å². The van der Waals surface area contributed by atoms with Gasteiger partial charge in [0.25, 0.3) is 0 Å². The summed E-state index contributed by atoms with van der Waals surface area (Å²) in [5.41, 5.74) is 5.50. The van der Waals surface area contributed by atoms with Gasteiger partial charge < -0.3 is 11.1 Å². The van der Waals surface area contributed by atoms with Crippen LogP contribution in [0.2, 0.25) is 5.02 Å². The topological polar surface area (TPSA) is 63.8 Å². The summed E-state index contributed by atoms with van der Waals surface area (Å²) in [4.78, 5) is 7.74. The van der Waals surface area contributed by atoms with Gasteiger partial charge in [-0.15, -0.1) is 0 Å². The molecule has 0 aliphatic carbocycles. The molecule has 0 unspecified atom stereocenters. The quantitative estimate of drug-likeness (QED) is 0.781. The Bertz CT molecular complexity index is 287. The third-order valence-corrected chi connectivity index (χ3v) is 1.87. The number of aromatic nitrogens is 2. The second kappa shape index (κ2) is 4.28. The van der Waals surface area contributed by atoms with E-state index >= 15 is 0 Å². The maximum atomic E-state index is 5.86. The fraction of sp³-hybridized carbons (Fsp3) is 0.500. The Hall–Kier alpha value is -1.03. The van der Waals surface area contributed by atoms with Crippen molar-refractivity contribution in [3.63, 3.8) is 0 Å². The van der Waals surface area contributed by atoms with Crippen LogP contribution in [0.4, 0.5) is 11.6 Å². The molecule has 3 N–H and O–H groups in total. The van der Waals surface area contributed by atoms with E-state index in [1.54, 1.807) is 0 Å². The molecule has 72 valence electrons. The van der Waals surface area contributed by atoms with Gasteiger partial charge in [-0.05, 0) is 5.92 Å². The number of halogens is 1. The minimum Gasteiger partial charge on any atom is -0.382 e. The van der Waals surface area contributed by atoms with Crippen molar-refractivity contribution in [2.45, 2.75) is 13.8 Å². The average molecular weight is 201 g/mol. The van der Waals surface area contributed by atoms with Gasteiger partial charge >= 0.3 is 0 Å². The lowest BCUT2D eigenvalue weighted by atomic mass is 10.2. The first kappa shape index (κ1) is 10.1. The number of anilines is 2. The number of hydrogen-bond donors (Lipinski definition) is 2. The number of nitrogens with one attached hydrogen (secondary N) is 1. The fourth-order valence-electron chi connectivity index (χ4n) is 0.808. The van der Waals surface area contributed by atoms with Crippen molar-refractivity contribution in [2.24, 2.45) is 5.92 Å². The summed E-state index contributed by atoms with van der Waals surface area (Å²) in [7, 11) is 0. The molecule has 0 radical (unpaired) electrons. The van der Waals surface area contributed by atoms with Crippen molar-refractivity contribution < 1.29 is 0 Å². The van der Waals surface area contributed by atoms with Gasteiger partial charge in [0.05, 0.1) is 0 Å². The Kier molecular flexibility index (Phi) is 3.31. The second-order valence-electron chi connectivity index (χ2n) is 3.20. The van der Waals surface area contributed by atoms with Crippen LogP contribution in [0.1, 0.15) is 13.8 Å². The van der Waals surface area contributed by atoms with E-state index in [1.165, 1.54) is 6.33 Å². The number of nitrogens with two attached hydrogens (primary N) is 1. The third kappa shape index (κ3) is 2.73. The maximum absolute atomic E-state index is 5.86. The first-order chi connectivity index (χ1) is 6.11. The van der Waals surface area contributed by atoms with Crippen LogP contribution < -0.4 is 11.1 Å². The molecule has 1 heterocycles. The molecule has 1 rings (SSSR count). The van der Waals surface area contributed by atoms with Crippen molar-refractivity contribution in [3.05, 3.63) is 11.3 Å². The summed E-state index contributed by atoms with van der Waals surface area (Å²) in [5, 5.41) is 3.48. The first-order valence-corrected chi connectivity index (χ1v) is 4.49. The molecule has 13 heavy (non-hydrogen) atoms. The molecule has 0 atom stereocenters. The summed E-state index contributed by atoms with van der Waals surface area (Å²) in [6, 6.07) is 0. The van der Waals surface area contributed by atoms with Crippen LogP contribution in [0, 0.1) is 5.92 Å². The van der Waals surface area contributed by atoms with Gasteiger partial charge in [-0.1, -0.05) is 25.4 Å². The van der Waals surface area contributed by atoms with Crippen molar-refractivity contribution in [2.75, 3.05) is 17.6 Å². The number of rotatable bonds is 3. The Balaban J connectivity index is 2.71. The van der Waals surface area contributed by atoms with Gasteiger partial charge in [0.15, 0.2) is 0 Å². The van der Waals surface area contributed by atoms with Crippen LogP contribution in [0.25, 0.3) is 0 Å². The standard InChI is InChI=1S/C8H13ClN4/c1-5(2)3-11-8-6(9)7(10)12-4-13-8/h4-5H,3H2,1-2H3,(H3,10,11,12,13). The molecule has 0 bridgehead atoms. The highest BCUT2D eigenvalue weighted by atomic mass is 35.5. The molecule has 0 aromatic carbocycles. The van der Waals surface area contributed by atoms with Crippen LogP contribution in [0.3, 0.4) is 0 Å². The van der Waals surface area contributed by atoms with Gasteiger partial charge in [-0.25, -0.2) is 9.97 Å². The monoisotopic (exact) mass is 200 g/mol. The van der Waals surface area contributed by atoms with E-state index < -0.39 is 0 Å². The molecule has 0 spiro atoms. The lowest BCUT2D eigenvalue weighted by molar-refractivity contribution is 0.687. The Morgan fingerprint density at radius 1 is 1.54 bits per heavy atom. The van der Waals surface area contributed by atoms with E-state index in [2.05, 4.69) is 29.1 Å². The highest BCUT2D eigenvalue weighted by Crippen LogP contribution is 2.22. The molecule has 0 aliphatic rings. The predicted octanol–water partition coefficient (Wildman–Crippen LogP) is 1.78. The van der Waals surface area contributed by atoms with Crippen molar-refractivity contribution >= 4 is 23.2 Å². The van der Waals surface area contributed by atoms with Gasteiger partial charge in [0, 0.05) is 6.54 Å². The van der Waals surface area contributed by atoms with Crippen molar-refractivity contribution in [3.8, 4) is 0 Å². The molecule has 0 amide bonds. The van der Waals surface area contributed by atoms with E-state index in [9.17, 15) is 0 Å². The second-order valence-corrected chi connectivity index (χ2v) is 3.57. The Morgan fingerprint density at radius 2 is 2.23 bits per heavy atom. The Labute approximate surface area is 82.5 Å². The summed E-state index contributed by atoms with van der Waals surface area (Å²) in [5.74, 6) is 1.44. The zero-order chi connectivity index (χ0) is 9.84. The molecule has 4 nitrogen and oxygen atoms in total. The molecular formula is C8H13ClN4. The zero-order valence-corrected chi connectivity index (χ0v) is 8.47. The van der Waals surface area contributed by atoms with Gasteiger partial charge in [-0.3, -0.25) is 0 Å². The highest BCUT2D eigenvalue weighted by Gasteiger charge is 2.05. The molecule has 0 aliphatic heterocycles. The number of hydrogen-bond acceptors (Lipinski definition) is 4. The fourth-order valence-corrected chi connectivity index (χ4v) is 0.972. The van der Waals surface area contributed by atoms with Crippen molar-refractivity contribution in [1.82, 2.24) is 9.97 Å². The molecule has 1 aromatic heterocycles. The molecule has 0 saturated carbocycles. The average Bonchev–Trinajstić information content (AvgIpc) is 2.07. The van der Waals surface area contributed by atoms with E-state index in [4.69, 9.17) is 17.3 Å². The lowest BCUT2D eigenvalue weighted by Gasteiger charge is -2.09. The third-order valence-electron chi connectivity index (χ3n) is 1.49. The zero-order valence-electron chi connectivity index (χ0n) is 7.71. The molecular weight excluding hydrogens is 188 g/mol. The molecule has 0 saturated heterocycles. The minimum absolute atomic E-state index is 0.308. The van der Waals surface area contributed by atoms with E-state index in [0.29, 0.717) is 22.6 Å². The largest absolute Gasteiger partial charge is 0.382 e. The van der Waals surface area contributed by atoms with Gasteiger partial charge in [0.2, 0.25) is 0 Å². The van der Waals surface area contributed by atoms with Crippen LogP contribution in [0.5, 0.6) is 0 Å². The summed E-state index contributed by atoms with van der Waals surface area (Å²) in [6.45, 7) is 5.02. The van der Waals surface area contributed by atoms with E-state index in [-0.39, 0.29) is 0 Å². The molecule has 5 heteroatoms. The molecule has 0 fully saturated rings. The lowest BCUT2D eigenvalue weighted by Crippen LogP contribution is -2.10. The summed E-state index contributed by atoms with van der Waals surface area (Å²) < 4.78 is 0. The number of nitrogens with zero attached hydrogens (tertiary/aromatic N) is 2. The normalized spacial score (nSPS) is 10.5. The highest BCUT2D eigenvalue weighted by molar-refractivity contribution is 6.35. The Morgan fingerprint density at radius 3 is 2.85 bits per heavy atom. The predicted molar refractivity (Wildman–Crippen MR) is 54.8 cm³/mol. The SMILES string of the molecule is CC(C)CNc1ncnc(N)c1Cl. The van der Waals surface area contributed by atoms with Crippen LogP contribution in [-0.4, -0.2) is 16.5 Å². The number of nitrogen functional groups attached to an aromatic ring is 1. The van der Waals surface area contributed by atoms with Crippen molar-refractivity contribution in [1.29, 1.82) is 0 Å². The maximum Gasteiger partial charge on any atom is 0.150 e. The van der Waals surface area contributed by atoms with E-state index in [1.807, 2.05) is 0 Å². The summed E-state index contributed by atoms with van der Waals surface area (Å²) >= 11 is 5.86. The smallest absolute Gasteiger partial charge is 0.150 e. The van der Waals surface area contributed by atoms with Crippen LogP contribution in [0.15, 0.2) is 6.33 Å².